The second-order valence-electron chi connectivity index (χ2n) is 4.15. The summed E-state index contributed by atoms with van der Waals surface area (Å²) in [7, 11) is 0. The topological polar surface area (TPSA) is 59.3 Å². The molecule has 0 radical (unpaired) electrons. The van der Waals surface area contributed by atoms with E-state index in [2.05, 4.69) is 0 Å². The largest absolute Gasteiger partial charge is 0.481 e. The fourth-order valence-electron chi connectivity index (χ4n) is 1.38. The molecule has 7 heteroatoms. The lowest BCUT2D eigenvalue weighted by molar-refractivity contribution is -0.151. The Kier molecular flexibility index (Phi) is 4.97. The molecule has 1 aromatic carbocycles. The van der Waals surface area contributed by atoms with E-state index in [1.165, 1.54) is 6.07 Å². The first-order valence-corrected chi connectivity index (χ1v) is 5.67. The van der Waals surface area contributed by atoms with Gasteiger partial charge in [-0.2, -0.15) is 18.4 Å². The number of hydrogen-bond donors (Lipinski definition) is 0. The Balaban J connectivity index is 2.90. The van der Waals surface area contributed by atoms with Gasteiger partial charge < -0.3 is 9.47 Å². The van der Waals surface area contributed by atoms with Gasteiger partial charge in [-0.3, -0.25) is 0 Å². The molecule has 0 aliphatic rings. The number of ether oxygens (including phenoxy) is 2. The van der Waals surface area contributed by atoms with E-state index in [1.807, 2.05) is 0 Å². The first-order valence-electron chi connectivity index (χ1n) is 5.67. The average Bonchev–Trinajstić information content (AvgIpc) is 2.34. The van der Waals surface area contributed by atoms with Gasteiger partial charge >= 0.3 is 12.1 Å². The van der Waals surface area contributed by atoms with Gasteiger partial charge in [0.2, 0.25) is 0 Å². The van der Waals surface area contributed by atoms with Gasteiger partial charge in [-0.05, 0) is 32.0 Å². The van der Waals surface area contributed by atoms with E-state index >= 15 is 0 Å². The van der Waals surface area contributed by atoms with E-state index in [4.69, 9.17) is 14.7 Å². The van der Waals surface area contributed by atoms with Crippen LogP contribution >= 0.6 is 0 Å². The minimum atomic E-state index is -4.68. The molecule has 0 aromatic heterocycles. The van der Waals surface area contributed by atoms with E-state index in [1.54, 1.807) is 19.9 Å². The molecule has 0 amide bonds. The fraction of sp³-hybridized carbons (Fsp3) is 0.385. The minimum absolute atomic E-state index is 0.144. The van der Waals surface area contributed by atoms with Gasteiger partial charge in [0.15, 0.2) is 6.61 Å². The Hall–Kier alpha value is -2.23. The van der Waals surface area contributed by atoms with Crippen molar-refractivity contribution in [3.63, 3.8) is 0 Å². The van der Waals surface area contributed by atoms with Crippen LogP contribution in [-0.2, 0) is 15.7 Å². The lowest BCUT2D eigenvalue weighted by atomic mass is 10.1. The Morgan fingerprint density at radius 1 is 1.40 bits per heavy atom. The van der Waals surface area contributed by atoms with Crippen molar-refractivity contribution in [1.29, 1.82) is 5.26 Å². The maximum absolute atomic E-state index is 12.8. The van der Waals surface area contributed by atoms with Crippen LogP contribution in [0.4, 0.5) is 13.2 Å². The molecule has 0 N–H and O–H groups in total. The molecule has 4 nitrogen and oxygen atoms in total. The smallest absolute Gasteiger partial charge is 0.420 e. The van der Waals surface area contributed by atoms with Gasteiger partial charge in [-0.15, -0.1) is 0 Å². The normalized spacial score (nSPS) is 11.1. The number of esters is 1. The summed E-state index contributed by atoms with van der Waals surface area (Å²) in [5, 5.41) is 8.60. The van der Waals surface area contributed by atoms with Crippen LogP contribution in [0, 0.1) is 11.3 Å². The molecule has 0 unspecified atom stereocenters. The van der Waals surface area contributed by atoms with Crippen LogP contribution in [-0.4, -0.2) is 18.7 Å². The molecule has 0 saturated heterocycles. The van der Waals surface area contributed by atoms with Crippen LogP contribution < -0.4 is 4.74 Å². The highest BCUT2D eigenvalue weighted by atomic mass is 19.4. The highest BCUT2D eigenvalue weighted by Crippen LogP contribution is 2.36. The van der Waals surface area contributed by atoms with Crippen molar-refractivity contribution < 1.29 is 27.4 Å². The summed E-state index contributed by atoms with van der Waals surface area (Å²) >= 11 is 0. The number of rotatable bonds is 4. The van der Waals surface area contributed by atoms with Gasteiger partial charge in [0, 0.05) is 0 Å². The van der Waals surface area contributed by atoms with Gasteiger partial charge in [-0.25, -0.2) is 4.79 Å². The number of carbonyl (C=O) groups is 1. The number of nitriles is 1. The van der Waals surface area contributed by atoms with Gasteiger partial charge in [0.1, 0.15) is 5.75 Å². The van der Waals surface area contributed by atoms with Crippen molar-refractivity contribution in [2.24, 2.45) is 0 Å². The third kappa shape index (κ3) is 4.46. The van der Waals surface area contributed by atoms with Gasteiger partial charge in [0.05, 0.1) is 23.3 Å². The maximum Gasteiger partial charge on any atom is 0.420 e. The van der Waals surface area contributed by atoms with E-state index < -0.39 is 30.1 Å². The summed E-state index contributed by atoms with van der Waals surface area (Å²) in [6, 6.07) is 4.46. The third-order valence-corrected chi connectivity index (χ3v) is 2.13. The first kappa shape index (κ1) is 15.8. The van der Waals surface area contributed by atoms with E-state index in [0.29, 0.717) is 6.07 Å². The van der Waals surface area contributed by atoms with Crippen molar-refractivity contribution in [3.05, 3.63) is 29.3 Å². The molecule has 0 aliphatic carbocycles. The second-order valence-corrected chi connectivity index (χ2v) is 4.15. The average molecular weight is 287 g/mol. The molecule has 0 spiro atoms. The van der Waals surface area contributed by atoms with Crippen molar-refractivity contribution in [2.45, 2.75) is 26.1 Å². The molecular weight excluding hydrogens is 275 g/mol. The van der Waals surface area contributed by atoms with E-state index in [0.717, 1.165) is 6.07 Å². The number of hydrogen-bond acceptors (Lipinski definition) is 4. The van der Waals surface area contributed by atoms with Crippen molar-refractivity contribution >= 4 is 5.97 Å². The van der Waals surface area contributed by atoms with E-state index in [-0.39, 0.29) is 11.7 Å². The number of carbonyl (C=O) groups excluding carboxylic acids is 1. The van der Waals surface area contributed by atoms with Crippen LogP contribution in [0.5, 0.6) is 5.75 Å². The Morgan fingerprint density at radius 3 is 2.55 bits per heavy atom. The van der Waals surface area contributed by atoms with Crippen LogP contribution in [0.25, 0.3) is 0 Å². The van der Waals surface area contributed by atoms with Crippen LogP contribution in [0.3, 0.4) is 0 Å². The summed E-state index contributed by atoms with van der Waals surface area (Å²) in [6.45, 7) is 2.59. The summed E-state index contributed by atoms with van der Waals surface area (Å²) < 4.78 is 47.9. The van der Waals surface area contributed by atoms with Crippen molar-refractivity contribution in [2.75, 3.05) is 6.61 Å². The van der Waals surface area contributed by atoms with Crippen molar-refractivity contribution in [3.8, 4) is 11.8 Å². The molecule has 0 atom stereocenters. The minimum Gasteiger partial charge on any atom is -0.481 e. The van der Waals surface area contributed by atoms with Crippen LogP contribution in [0.15, 0.2) is 18.2 Å². The molecule has 1 rings (SSSR count). The summed E-state index contributed by atoms with van der Waals surface area (Å²) in [5.41, 5.74) is -1.25. The summed E-state index contributed by atoms with van der Waals surface area (Å²) in [4.78, 5) is 11.2. The monoisotopic (exact) mass is 287 g/mol. The molecular formula is C13H12F3NO3. The third-order valence-electron chi connectivity index (χ3n) is 2.13. The van der Waals surface area contributed by atoms with Crippen molar-refractivity contribution in [1.82, 2.24) is 0 Å². The van der Waals surface area contributed by atoms with Gasteiger partial charge in [0.25, 0.3) is 0 Å². The predicted octanol–water partition coefficient (Wildman–Crippen LogP) is 2.91. The molecule has 0 fully saturated rings. The highest BCUT2D eigenvalue weighted by molar-refractivity contribution is 5.71. The van der Waals surface area contributed by atoms with Crippen LogP contribution in [0.2, 0.25) is 0 Å². The van der Waals surface area contributed by atoms with Crippen LogP contribution in [0.1, 0.15) is 25.0 Å². The molecule has 0 aliphatic heterocycles. The molecule has 1 aromatic rings. The quantitative estimate of drug-likeness (QED) is 0.799. The molecule has 20 heavy (non-hydrogen) atoms. The Labute approximate surface area is 113 Å². The number of nitrogens with zero attached hydrogens (tertiary/aromatic N) is 1. The fourth-order valence-corrected chi connectivity index (χ4v) is 1.38. The molecule has 0 saturated carbocycles. The SMILES string of the molecule is CC(C)OC(=O)COc1ccc(C#N)cc1C(F)(F)F. The van der Waals surface area contributed by atoms with Gasteiger partial charge in [-0.1, -0.05) is 0 Å². The molecule has 0 bridgehead atoms. The maximum atomic E-state index is 12.8. The lowest BCUT2D eigenvalue weighted by Gasteiger charge is -2.14. The lowest BCUT2D eigenvalue weighted by Crippen LogP contribution is -2.20. The van der Waals surface area contributed by atoms with E-state index in [9.17, 15) is 18.0 Å². The zero-order valence-corrected chi connectivity index (χ0v) is 10.8. The number of benzene rings is 1. The highest BCUT2D eigenvalue weighted by Gasteiger charge is 2.35. The summed E-state index contributed by atoms with van der Waals surface area (Å²) in [6.07, 6.45) is -5.06. The molecule has 0 heterocycles. The zero-order chi connectivity index (χ0) is 15.3. The summed E-state index contributed by atoms with van der Waals surface area (Å²) in [5.74, 6) is -1.28. The Bertz CT molecular complexity index is 533. The standard InChI is InChI=1S/C13H12F3NO3/c1-8(2)20-12(18)7-19-11-4-3-9(6-17)5-10(11)13(14,15)16/h3-5,8H,7H2,1-2H3. The number of halogens is 3. The second kappa shape index (κ2) is 6.28. The predicted molar refractivity (Wildman–Crippen MR) is 62.9 cm³/mol. The number of alkyl halides is 3. The first-order chi connectivity index (χ1) is 9.24. The Morgan fingerprint density at radius 2 is 2.05 bits per heavy atom. The molecule has 108 valence electrons. The zero-order valence-electron chi connectivity index (χ0n) is 10.8.